The summed E-state index contributed by atoms with van der Waals surface area (Å²) in [6.07, 6.45) is 0. The zero-order chi connectivity index (χ0) is 17.5. The summed E-state index contributed by atoms with van der Waals surface area (Å²) in [6.45, 7) is 0. The number of anilines is 3. The lowest BCUT2D eigenvalue weighted by atomic mass is 10.2. The van der Waals surface area contributed by atoms with E-state index in [4.69, 9.17) is 12.2 Å². The standard InChI is InChI=1S/C18H16N4OS2/c23-17(16-7-4-12-25-16)21-22-18(24)20-15-10-8-14(9-11-15)19-13-5-2-1-3-6-13/h1-12,19H,(H,21,23)(H2,20,22,24). The van der Waals surface area contributed by atoms with Crippen LogP contribution in [0.1, 0.15) is 9.67 Å². The number of benzene rings is 2. The first-order valence-electron chi connectivity index (χ1n) is 7.54. The molecule has 0 unspecified atom stereocenters. The van der Waals surface area contributed by atoms with E-state index in [1.807, 2.05) is 66.0 Å². The van der Waals surface area contributed by atoms with Crippen LogP contribution in [0.5, 0.6) is 0 Å². The number of hydrogen-bond acceptors (Lipinski definition) is 4. The summed E-state index contributed by atoms with van der Waals surface area (Å²) in [7, 11) is 0. The van der Waals surface area contributed by atoms with Crippen LogP contribution in [0, 0.1) is 0 Å². The molecule has 0 saturated carbocycles. The minimum atomic E-state index is -0.221. The second-order valence-corrected chi connectivity index (χ2v) is 6.43. The Balaban J connectivity index is 1.49. The minimum absolute atomic E-state index is 0.221. The summed E-state index contributed by atoms with van der Waals surface area (Å²) < 4.78 is 0. The van der Waals surface area contributed by atoms with E-state index >= 15 is 0 Å². The first-order valence-corrected chi connectivity index (χ1v) is 8.82. The van der Waals surface area contributed by atoms with Crippen molar-refractivity contribution < 1.29 is 4.79 Å². The van der Waals surface area contributed by atoms with Gasteiger partial charge in [0.15, 0.2) is 5.11 Å². The largest absolute Gasteiger partial charge is 0.356 e. The lowest BCUT2D eigenvalue weighted by Gasteiger charge is -2.12. The number of carbonyl (C=O) groups excluding carboxylic acids is 1. The van der Waals surface area contributed by atoms with Gasteiger partial charge in [-0.05, 0) is 60.1 Å². The van der Waals surface area contributed by atoms with Crippen molar-refractivity contribution in [2.45, 2.75) is 0 Å². The Morgan fingerprint density at radius 1 is 0.800 bits per heavy atom. The summed E-state index contributed by atoms with van der Waals surface area (Å²) in [5.74, 6) is -0.221. The molecule has 0 aliphatic rings. The fourth-order valence-corrected chi connectivity index (χ4v) is 2.86. The fraction of sp³-hybridized carbons (Fsp3) is 0. The number of nitrogens with one attached hydrogen (secondary N) is 4. The number of thiocarbonyl (C=S) groups is 1. The third kappa shape index (κ3) is 5.03. The Labute approximate surface area is 155 Å². The molecule has 1 amide bonds. The average Bonchev–Trinajstić information content (AvgIpc) is 3.17. The molecule has 4 N–H and O–H groups in total. The molecule has 3 rings (SSSR count). The summed E-state index contributed by atoms with van der Waals surface area (Å²) in [5.41, 5.74) is 8.06. The molecular weight excluding hydrogens is 352 g/mol. The maximum atomic E-state index is 11.8. The van der Waals surface area contributed by atoms with E-state index in [0.29, 0.717) is 9.99 Å². The zero-order valence-corrected chi connectivity index (χ0v) is 14.8. The molecule has 0 aliphatic heterocycles. The van der Waals surface area contributed by atoms with Gasteiger partial charge in [0.1, 0.15) is 0 Å². The maximum absolute atomic E-state index is 11.8. The Bertz CT molecular complexity index is 833. The van der Waals surface area contributed by atoms with Crippen LogP contribution in [0.4, 0.5) is 17.1 Å². The van der Waals surface area contributed by atoms with E-state index in [1.165, 1.54) is 11.3 Å². The third-order valence-corrected chi connectivity index (χ3v) is 4.31. The smallest absolute Gasteiger partial charge is 0.279 e. The Hall–Kier alpha value is -2.90. The quantitative estimate of drug-likeness (QED) is 0.412. The van der Waals surface area contributed by atoms with E-state index in [9.17, 15) is 4.79 Å². The number of thiophene rings is 1. The van der Waals surface area contributed by atoms with Crippen molar-refractivity contribution in [3.05, 3.63) is 77.0 Å². The lowest BCUT2D eigenvalue weighted by Crippen LogP contribution is -2.43. The van der Waals surface area contributed by atoms with Crippen molar-refractivity contribution in [1.82, 2.24) is 10.9 Å². The number of hydrazine groups is 1. The van der Waals surface area contributed by atoms with Crippen LogP contribution in [0.25, 0.3) is 0 Å². The molecule has 126 valence electrons. The first-order chi connectivity index (χ1) is 12.2. The van der Waals surface area contributed by atoms with Crippen molar-refractivity contribution >= 4 is 51.6 Å². The van der Waals surface area contributed by atoms with Crippen LogP contribution in [-0.4, -0.2) is 11.0 Å². The number of hydrogen-bond donors (Lipinski definition) is 4. The van der Waals surface area contributed by atoms with Crippen LogP contribution in [0.3, 0.4) is 0 Å². The van der Waals surface area contributed by atoms with Gasteiger partial charge in [0.25, 0.3) is 5.91 Å². The SMILES string of the molecule is O=C(NNC(=S)Nc1ccc(Nc2ccccc2)cc1)c1cccs1. The molecule has 5 nitrogen and oxygen atoms in total. The number of rotatable bonds is 4. The summed E-state index contributed by atoms with van der Waals surface area (Å²) >= 11 is 6.54. The van der Waals surface area contributed by atoms with Gasteiger partial charge in [0.05, 0.1) is 4.88 Å². The molecule has 0 fully saturated rings. The molecule has 0 bridgehead atoms. The first kappa shape index (κ1) is 16.9. The number of para-hydroxylation sites is 1. The monoisotopic (exact) mass is 368 g/mol. The van der Waals surface area contributed by atoms with Crippen molar-refractivity contribution in [1.29, 1.82) is 0 Å². The zero-order valence-electron chi connectivity index (χ0n) is 13.2. The molecule has 2 aromatic carbocycles. The molecule has 0 spiro atoms. The van der Waals surface area contributed by atoms with Crippen LogP contribution in [-0.2, 0) is 0 Å². The maximum Gasteiger partial charge on any atom is 0.279 e. The molecule has 0 aliphatic carbocycles. The van der Waals surface area contributed by atoms with Gasteiger partial charge in [-0.3, -0.25) is 15.6 Å². The van der Waals surface area contributed by atoms with Gasteiger partial charge in [-0.2, -0.15) is 0 Å². The highest BCUT2D eigenvalue weighted by Gasteiger charge is 2.06. The molecule has 3 aromatic rings. The van der Waals surface area contributed by atoms with Crippen molar-refractivity contribution in [2.24, 2.45) is 0 Å². The molecule has 1 heterocycles. The minimum Gasteiger partial charge on any atom is -0.356 e. The summed E-state index contributed by atoms with van der Waals surface area (Å²) in [4.78, 5) is 12.4. The van der Waals surface area contributed by atoms with Gasteiger partial charge in [-0.1, -0.05) is 24.3 Å². The van der Waals surface area contributed by atoms with Gasteiger partial charge in [-0.15, -0.1) is 11.3 Å². The van der Waals surface area contributed by atoms with Gasteiger partial charge in [0.2, 0.25) is 0 Å². The van der Waals surface area contributed by atoms with Crippen molar-refractivity contribution in [3.63, 3.8) is 0 Å². The molecular formula is C18H16N4OS2. The predicted molar refractivity (Wildman–Crippen MR) is 107 cm³/mol. The van der Waals surface area contributed by atoms with Gasteiger partial charge >= 0.3 is 0 Å². The molecule has 0 radical (unpaired) electrons. The van der Waals surface area contributed by atoms with Crippen LogP contribution < -0.4 is 21.5 Å². The van der Waals surface area contributed by atoms with Crippen LogP contribution in [0.2, 0.25) is 0 Å². The second kappa shape index (κ2) is 8.27. The molecule has 0 saturated heterocycles. The van der Waals surface area contributed by atoms with Gasteiger partial charge in [0, 0.05) is 17.1 Å². The molecule has 7 heteroatoms. The molecule has 0 atom stereocenters. The predicted octanol–water partition coefficient (Wildman–Crippen LogP) is 4.12. The van der Waals surface area contributed by atoms with E-state index in [1.54, 1.807) is 6.07 Å². The molecule has 1 aromatic heterocycles. The highest BCUT2D eigenvalue weighted by Crippen LogP contribution is 2.18. The van der Waals surface area contributed by atoms with E-state index in [0.717, 1.165) is 17.1 Å². The highest BCUT2D eigenvalue weighted by atomic mass is 32.1. The summed E-state index contributed by atoms with van der Waals surface area (Å²) in [5, 5.41) is 8.48. The van der Waals surface area contributed by atoms with Crippen molar-refractivity contribution in [3.8, 4) is 0 Å². The Morgan fingerprint density at radius 2 is 1.48 bits per heavy atom. The lowest BCUT2D eigenvalue weighted by molar-refractivity contribution is 0.0948. The summed E-state index contributed by atoms with van der Waals surface area (Å²) in [6, 6.07) is 21.2. The second-order valence-electron chi connectivity index (χ2n) is 5.08. The fourth-order valence-electron chi connectivity index (χ4n) is 2.07. The Kier molecular flexibility index (Phi) is 5.61. The normalized spacial score (nSPS) is 9.92. The number of amides is 1. The topological polar surface area (TPSA) is 65.2 Å². The van der Waals surface area contributed by atoms with Gasteiger partial charge in [-0.25, -0.2) is 0 Å². The number of carbonyl (C=O) groups is 1. The average molecular weight is 368 g/mol. The van der Waals surface area contributed by atoms with Crippen LogP contribution in [0.15, 0.2) is 72.1 Å². The van der Waals surface area contributed by atoms with E-state index < -0.39 is 0 Å². The Morgan fingerprint density at radius 3 is 2.16 bits per heavy atom. The highest BCUT2D eigenvalue weighted by molar-refractivity contribution is 7.80. The van der Waals surface area contributed by atoms with Gasteiger partial charge < -0.3 is 10.6 Å². The van der Waals surface area contributed by atoms with Crippen molar-refractivity contribution in [2.75, 3.05) is 10.6 Å². The van der Waals surface area contributed by atoms with E-state index in [2.05, 4.69) is 21.5 Å². The van der Waals surface area contributed by atoms with E-state index in [-0.39, 0.29) is 5.91 Å². The molecule has 25 heavy (non-hydrogen) atoms. The van der Waals surface area contributed by atoms with Crippen LogP contribution >= 0.6 is 23.6 Å². The third-order valence-electron chi connectivity index (χ3n) is 3.24.